The molecule has 0 spiro atoms. The van der Waals surface area contributed by atoms with Gasteiger partial charge in [-0.3, -0.25) is 4.72 Å². The molecule has 31 heavy (non-hydrogen) atoms. The van der Waals surface area contributed by atoms with E-state index in [2.05, 4.69) is 47.5 Å². The molecule has 1 aromatic heterocycles. The third-order valence-electron chi connectivity index (χ3n) is 5.29. The number of rotatable bonds is 6. The second-order valence-corrected chi connectivity index (χ2v) is 9.06. The lowest BCUT2D eigenvalue weighted by Crippen LogP contribution is -2.21. The molecule has 0 fully saturated rings. The number of ether oxygens (including phenoxy) is 1. The molecule has 6 nitrogen and oxygen atoms in total. The highest BCUT2D eigenvalue weighted by atomic mass is 32.2. The molecule has 0 aliphatic rings. The maximum absolute atomic E-state index is 11.3. The van der Waals surface area contributed by atoms with E-state index in [4.69, 9.17) is 9.88 Å². The van der Waals surface area contributed by atoms with Crippen molar-refractivity contribution in [1.82, 2.24) is 4.57 Å². The normalized spacial score (nSPS) is 11.8. The maximum atomic E-state index is 11.3. The molecule has 160 valence electrons. The topological polar surface area (TPSA) is 86.3 Å². The summed E-state index contributed by atoms with van der Waals surface area (Å²) >= 11 is 0. The van der Waals surface area contributed by atoms with Crippen LogP contribution < -0.4 is 14.6 Å². The van der Waals surface area contributed by atoms with Gasteiger partial charge in [0, 0.05) is 23.0 Å². The van der Waals surface area contributed by atoms with Crippen molar-refractivity contribution in [2.24, 2.45) is 5.14 Å². The molecule has 0 aliphatic heterocycles. The van der Waals surface area contributed by atoms with E-state index < -0.39 is 10.2 Å². The van der Waals surface area contributed by atoms with Crippen LogP contribution in [-0.4, -0.2) is 20.1 Å². The molecule has 0 atom stereocenters. The molecular formula is C24H25N3O3S. The Balaban J connectivity index is 1.81. The zero-order valence-electron chi connectivity index (χ0n) is 17.7. The van der Waals surface area contributed by atoms with Crippen LogP contribution in [0.2, 0.25) is 0 Å². The fraction of sp³-hybridized carbons (Fsp3) is 0.167. The first kappa shape index (κ1) is 21.0. The van der Waals surface area contributed by atoms with E-state index in [1.54, 1.807) is 19.2 Å². The molecule has 0 saturated carbocycles. The summed E-state index contributed by atoms with van der Waals surface area (Å²) in [6.07, 6.45) is 2.15. The molecule has 0 aliphatic carbocycles. The number of anilines is 1. The van der Waals surface area contributed by atoms with Crippen LogP contribution in [-0.2, 0) is 10.2 Å². The molecule has 0 saturated heterocycles. The summed E-state index contributed by atoms with van der Waals surface area (Å²) in [7, 11) is -2.15. The van der Waals surface area contributed by atoms with Gasteiger partial charge < -0.3 is 9.30 Å². The minimum atomic E-state index is -3.80. The fourth-order valence-corrected chi connectivity index (χ4v) is 4.21. The Morgan fingerprint density at radius 2 is 1.58 bits per heavy atom. The van der Waals surface area contributed by atoms with Gasteiger partial charge in [-0.2, -0.15) is 8.42 Å². The van der Waals surface area contributed by atoms with E-state index in [0.717, 1.165) is 28.1 Å². The Morgan fingerprint density at radius 1 is 0.935 bits per heavy atom. The molecule has 4 rings (SSSR count). The van der Waals surface area contributed by atoms with E-state index in [1.165, 1.54) is 10.9 Å². The Bertz CT molecular complexity index is 1320. The first-order valence-electron chi connectivity index (χ1n) is 9.95. The zero-order chi connectivity index (χ0) is 22.2. The van der Waals surface area contributed by atoms with Gasteiger partial charge in [0.05, 0.1) is 12.6 Å². The lowest BCUT2D eigenvalue weighted by molar-refractivity contribution is 0.415. The number of benzene rings is 3. The number of hydrogen-bond acceptors (Lipinski definition) is 3. The van der Waals surface area contributed by atoms with Crippen molar-refractivity contribution in [3.8, 4) is 22.6 Å². The summed E-state index contributed by atoms with van der Waals surface area (Å²) in [4.78, 5) is 0. The highest BCUT2D eigenvalue weighted by Crippen LogP contribution is 2.34. The molecule has 0 bridgehead atoms. The lowest BCUT2D eigenvalue weighted by Gasteiger charge is -2.09. The van der Waals surface area contributed by atoms with Gasteiger partial charge in [0.2, 0.25) is 0 Å². The zero-order valence-corrected chi connectivity index (χ0v) is 18.5. The van der Waals surface area contributed by atoms with Gasteiger partial charge in [-0.15, -0.1) is 0 Å². The fourth-order valence-electron chi connectivity index (χ4n) is 3.74. The molecule has 3 aromatic carbocycles. The highest BCUT2D eigenvalue weighted by molar-refractivity contribution is 7.90. The molecule has 3 N–H and O–H groups in total. The average Bonchev–Trinajstić information content (AvgIpc) is 3.12. The van der Waals surface area contributed by atoms with E-state index >= 15 is 0 Å². The number of nitrogens with one attached hydrogen (secondary N) is 1. The van der Waals surface area contributed by atoms with E-state index in [9.17, 15) is 8.42 Å². The number of nitrogens with two attached hydrogens (primary N) is 1. The molecule has 0 unspecified atom stereocenters. The van der Waals surface area contributed by atoms with Crippen LogP contribution in [0.3, 0.4) is 0 Å². The molecule has 7 heteroatoms. The molecular weight excluding hydrogens is 410 g/mol. The van der Waals surface area contributed by atoms with Crippen molar-refractivity contribution in [3.63, 3.8) is 0 Å². The van der Waals surface area contributed by atoms with Crippen molar-refractivity contribution in [2.75, 3.05) is 11.8 Å². The summed E-state index contributed by atoms with van der Waals surface area (Å²) in [6.45, 7) is 4.35. The van der Waals surface area contributed by atoms with Gasteiger partial charge in [-0.1, -0.05) is 38.1 Å². The van der Waals surface area contributed by atoms with Crippen LogP contribution in [0.4, 0.5) is 5.69 Å². The molecule has 0 amide bonds. The van der Waals surface area contributed by atoms with Crippen molar-refractivity contribution in [1.29, 1.82) is 0 Å². The second kappa shape index (κ2) is 8.09. The highest BCUT2D eigenvalue weighted by Gasteiger charge is 2.14. The maximum Gasteiger partial charge on any atom is 0.296 e. The standard InChI is InChI=1S/C24H25N3O3S/c1-16(2)23-15-27(20-9-7-19(8-10-20)26-31(25,28)29)24-14-18(6-13-22(23)24)17-4-11-21(30-3)12-5-17/h4-16,26H,1-3H3,(H2,25,28,29). The van der Waals surface area contributed by atoms with Crippen LogP contribution >= 0.6 is 0 Å². The quantitative estimate of drug-likeness (QED) is 0.445. The Morgan fingerprint density at radius 3 is 2.16 bits per heavy atom. The lowest BCUT2D eigenvalue weighted by atomic mass is 9.99. The third kappa shape index (κ3) is 4.42. The summed E-state index contributed by atoms with van der Waals surface area (Å²) in [5.41, 5.74) is 5.91. The van der Waals surface area contributed by atoms with Gasteiger partial charge in [0.25, 0.3) is 10.2 Å². The minimum Gasteiger partial charge on any atom is -0.497 e. The van der Waals surface area contributed by atoms with Crippen LogP contribution in [0.5, 0.6) is 5.75 Å². The minimum absolute atomic E-state index is 0.360. The van der Waals surface area contributed by atoms with Crippen molar-refractivity contribution < 1.29 is 13.2 Å². The van der Waals surface area contributed by atoms with E-state index in [-0.39, 0.29) is 0 Å². The van der Waals surface area contributed by atoms with Gasteiger partial charge >= 0.3 is 0 Å². The first-order valence-corrected chi connectivity index (χ1v) is 11.5. The number of methoxy groups -OCH3 is 1. The van der Waals surface area contributed by atoms with Crippen LogP contribution in [0, 0.1) is 0 Å². The number of hydrogen-bond donors (Lipinski definition) is 2. The number of nitrogens with zero attached hydrogens (tertiary/aromatic N) is 1. The predicted octanol–water partition coefficient (Wildman–Crippen LogP) is 5.04. The summed E-state index contributed by atoms with van der Waals surface area (Å²) in [5.74, 6) is 1.18. The van der Waals surface area contributed by atoms with Gasteiger partial charge in [-0.05, 0) is 65.1 Å². The monoisotopic (exact) mass is 435 g/mol. The third-order valence-corrected chi connectivity index (χ3v) is 5.81. The smallest absolute Gasteiger partial charge is 0.296 e. The molecule has 4 aromatic rings. The summed E-state index contributed by atoms with van der Waals surface area (Å²) in [5, 5.41) is 6.26. The summed E-state index contributed by atoms with van der Waals surface area (Å²) < 4.78 is 32.2. The Labute approximate surface area is 182 Å². The number of aromatic nitrogens is 1. The largest absolute Gasteiger partial charge is 0.497 e. The molecule has 1 heterocycles. The van der Waals surface area contributed by atoms with Crippen LogP contribution in [0.25, 0.3) is 27.7 Å². The Hall–Kier alpha value is -3.29. The number of fused-ring (bicyclic) bond motifs is 1. The van der Waals surface area contributed by atoms with Gasteiger partial charge in [-0.25, -0.2) is 5.14 Å². The van der Waals surface area contributed by atoms with Crippen LogP contribution in [0.15, 0.2) is 72.9 Å². The average molecular weight is 436 g/mol. The Kier molecular flexibility index (Phi) is 5.47. The molecule has 0 radical (unpaired) electrons. The van der Waals surface area contributed by atoms with Gasteiger partial charge in [0.1, 0.15) is 5.75 Å². The summed E-state index contributed by atoms with van der Waals surface area (Å²) in [6, 6.07) is 21.6. The van der Waals surface area contributed by atoms with Crippen LogP contribution in [0.1, 0.15) is 25.3 Å². The van der Waals surface area contributed by atoms with E-state index in [1.807, 2.05) is 36.4 Å². The first-order chi connectivity index (χ1) is 14.7. The van der Waals surface area contributed by atoms with Gasteiger partial charge in [0.15, 0.2) is 0 Å². The van der Waals surface area contributed by atoms with Crippen molar-refractivity contribution in [3.05, 3.63) is 78.5 Å². The van der Waals surface area contributed by atoms with Crippen molar-refractivity contribution >= 4 is 26.8 Å². The predicted molar refractivity (Wildman–Crippen MR) is 126 cm³/mol. The van der Waals surface area contributed by atoms with Crippen molar-refractivity contribution in [2.45, 2.75) is 19.8 Å². The van der Waals surface area contributed by atoms with E-state index in [0.29, 0.717) is 11.6 Å². The second-order valence-electron chi connectivity index (χ2n) is 7.76. The SMILES string of the molecule is COc1ccc(-c2ccc3c(C(C)C)cn(-c4ccc(NS(N)(=O)=O)cc4)c3c2)cc1.